The Morgan fingerprint density at radius 2 is 2.35 bits per heavy atom. The molecule has 2 aliphatic rings. The van der Waals surface area contributed by atoms with Crippen LogP contribution < -0.4 is 5.32 Å². The minimum absolute atomic E-state index is 0. The monoisotopic (exact) mass is 273 g/mol. The maximum Gasteiger partial charge on any atom is 0.0888 e. The molecule has 4 heteroatoms. The van der Waals surface area contributed by atoms with Gasteiger partial charge in [0.2, 0.25) is 0 Å². The maximum atomic E-state index is 6.22. The second kappa shape index (κ2) is 4.77. The van der Waals surface area contributed by atoms with Gasteiger partial charge in [-0.2, -0.15) is 0 Å². The van der Waals surface area contributed by atoms with Crippen molar-refractivity contribution in [2.24, 2.45) is 0 Å². The lowest BCUT2D eigenvalue weighted by molar-refractivity contribution is -0.0678. The molecule has 3 rings (SSSR count). The van der Waals surface area contributed by atoms with Gasteiger partial charge >= 0.3 is 0 Å². The van der Waals surface area contributed by atoms with E-state index in [1.807, 2.05) is 12.1 Å². The molecule has 0 spiro atoms. The predicted octanol–water partition coefficient (Wildman–Crippen LogP) is 3.13. The quantitative estimate of drug-likeness (QED) is 0.849. The Kier molecular flexibility index (Phi) is 3.69. The average Bonchev–Trinajstić information content (AvgIpc) is 2.74. The number of fused-ring (bicyclic) bond motifs is 3. The third-order valence-electron chi connectivity index (χ3n) is 4.04. The van der Waals surface area contributed by atoms with Crippen molar-refractivity contribution in [2.45, 2.75) is 31.5 Å². The van der Waals surface area contributed by atoms with Gasteiger partial charge in [-0.05, 0) is 23.6 Å². The molecule has 0 aliphatic carbocycles. The lowest BCUT2D eigenvalue weighted by Crippen LogP contribution is -2.42. The zero-order chi connectivity index (χ0) is 11.2. The van der Waals surface area contributed by atoms with Crippen molar-refractivity contribution in [2.75, 3.05) is 13.1 Å². The van der Waals surface area contributed by atoms with Crippen LogP contribution in [-0.4, -0.2) is 18.7 Å². The van der Waals surface area contributed by atoms with Gasteiger partial charge in [-0.3, -0.25) is 0 Å². The van der Waals surface area contributed by atoms with E-state index in [1.165, 1.54) is 11.1 Å². The Morgan fingerprint density at radius 1 is 1.53 bits per heavy atom. The largest absolute Gasteiger partial charge is 0.368 e. The van der Waals surface area contributed by atoms with Gasteiger partial charge in [0.05, 0.1) is 12.2 Å². The molecule has 0 radical (unpaired) electrons. The van der Waals surface area contributed by atoms with E-state index >= 15 is 0 Å². The third-order valence-corrected chi connectivity index (χ3v) is 4.39. The number of rotatable bonds is 1. The molecule has 2 aliphatic heterocycles. The Labute approximate surface area is 113 Å². The number of ether oxygens (including phenoxy) is 1. The maximum absolute atomic E-state index is 6.22. The van der Waals surface area contributed by atoms with E-state index in [0.29, 0.717) is 12.5 Å². The molecule has 1 saturated heterocycles. The van der Waals surface area contributed by atoms with Crippen molar-refractivity contribution in [3.8, 4) is 0 Å². The van der Waals surface area contributed by atoms with E-state index in [4.69, 9.17) is 16.3 Å². The van der Waals surface area contributed by atoms with E-state index in [9.17, 15) is 0 Å². The van der Waals surface area contributed by atoms with Gasteiger partial charge in [0.15, 0.2) is 0 Å². The van der Waals surface area contributed by atoms with Crippen LogP contribution in [0.25, 0.3) is 0 Å². The highest BCUT2D eigenvalue weighted by molar-refractivity contribution is 6.31. The van der Waals surface area contributed by atoms with Crippen molar-refractivity contribution in [1.82, 2.24) is 5.32 Å². The van der Waals surface area contributed by atoms with Gasteiger partial charge < -0.3 is 10.1 Å². The summed E-state index contributed by atoms with van der Waals surface area (Å²) in [6.07, 6.45) is 1.05. The summed E-state index contributed by atoms with van der Waals surface area (Å²) in [4.78, 5) is 0. The minimum Gasteiger partial charge on any atom is -0.368 e. The summed E-state index contributed by atoms with van der Waals surface area (Å²) in [5.74, 6) is 0.458. The third kappa shape index (κ3) is 1.88. The molecule has 94 valence electrons. The Hall–Kier alpha value is -0.280. The predicted molar refractivity (Wildman–Crippen MR) is 72.1 cm³/mol. The van der Waals surface area contributed by atoms with E-state index in [2.05, 4.69) is 18.3 Å². The smallest absolute Gasteiger partial charge is 0.0888 e. The van der Waals surface area contributed by atoms with Crippen LogP contribution in [0.15, 0.2) is 18.2 Å². The Bertz CT molecular complexity index is 424. The number of benzene rings is 1. The van der Waals surface area contributed by atoms with E-state index in [0.717, 1.165) is 24.5 Å². The zero-order valence-corrected chi connectivity index (χ0v) is 11.4. The molecular formula is C13H17Cl2NO. The first-order chi connectivity index (χ1) is 7.77. The molecule has 0 bridgehead atoms. The summed E-state index contributed by atoms with van der Waals surface area (Å²) in [5.41, 5.74) is 2.56. The topological polar surface area (TPSA) is 21.3 Å². The zero-order valence-electron chi connectivity index (χ0n) is 9.83. The molecule has 1 N–H and O–H groups in total. The molecule has 0 aromatic heterocycles. The van der Waals surface area contributed by atoms with Crippen LogP contribution in [0.1, 0.15) is 30.4 Å². The number of nitrogens with one attached hydrogen (secondary N) is 1. The van der Waals surface area contributed by atoms with Crippen LogP contribution in [0.5, 0.6) is 0 Å². The lowest BCUT2D eigenvalue weighted by atomic mass is 9.79. The van der Waals surface area contributed by atoms with E-state index in [-0.39, 0.29) is 18.0 Å². The van der Waals surface area contributed by atoms with Crippen LogP contribution in [0.3, 0.4) is 0 Å². The van der Waals surface area contributed by atoms with Gasteiger partial charge in [-0.25, -0.2) is 0 Å². The summed E-state index contributed by atoms with van der Waals surface area (Å²) in [6, 6.07) is 6.20. The molecule has 2 heterocycles. The highest BCUT2D eigenvalue weighted by Crippen LogP contribution is 2.44. The Balaban J connectivity index is 0.00000108. The first-order valence-electron chi connectivity index (χ1n) is 5.89. The van der Waals surface area contributed by atoms with Crippen molar-refractivity contribution in [3.63, 3.8) is 0 Å². The highest BCUT2D eigenvalue weighted by Gasteiger charge is 2.46. The summed E-state index contributed by atoms with van der Waals surface area (Å²) < 4.78 is 6.10. The fourth-order valence-electron chi connectivity index (χ4n) is 3.03. The molecule has 2 nitrogen and oxygen atoms in total. The van der Waals surface area contributed by atoms with Crippen molar-refractivity contribution >= 4 is 24.0 Å². The molecule has 0 amide bonds. The van der Waals surface area contributed by atoms with Crippen molar-refractivity contribution in [1.29, 1.82) is 0 Å². The normalized spacial score (nSPS) is 30.4. The van der Waals surface area contributed by atoms with Crippen LogP contribution in [-0.2, 0) is 11.3 Å². The lowest BCUT2D eigenvalue weighted by Gasteiger charge is -2.39. The molecule has 1 fully saturated rings. The highest BCUT2D eigenvalue weighted by atomic mass is 35.5. The van der Waals surface area contributed by atoms with Crippen LogP contribution in [0.2, 0.25) is 5.02 Å². The van der Waals surface area contributed by atoms with E-state index < -0.39 is 0 Å². The second-order valence-electron chi connectivity index (χ2n) is 4.70. The molecule has 0 saturated carbocycles. The number of halogens is 2. The number of hydrogen-bond acceptors (Lipinski definition) is 2. The molecule has 2 unspecified atom stereocenters. The molecule has 17 heavy (non-hydrogen) atoms. The Morgan fingerprint density at radius 3 is 3.12 bits per heavy atom. The van der Waals surface area contributed by atoms with Crippen LogP contribution >= 0.6 is 24.0 Å². The van der Waals surface area contributed by atoms with Crippen molar-refractivity contribution in [3.05, 3.63) is 34.3 Å². The fourth-order valence-corrected chi connectivity index (χ4v) is 3.26. The molecule has 1 aromatic rings. The van der Waals surface area contributed by atoms with Gasteiger partial charge in [-0.15, -0.1) is 12.4 Å². The van der Waals surface area contributed by atoms with Gasteiger partial charge in [-0.1, -0.05) is 30.7 Å². The first kappa shape index (κ1) is 13.2. The van der Waals surface area contributed by atoms with E-state index in [1.54, 1.807) is 0 Å². The summed E-state index contributed by atoms with van der Waals surface area (Å²) in [6.45, 7) is 4.82. The van der Waals surface area contributed by atoms with Crippen molar-refractivity contribution < 1.29 is 4.74 Å². The fraction of sp³-hybridized carbons (Fsp3) is 0.538. The second-order valence-corrected chi connectivity index (χ2v) is 5.11. The minimum atomic E-state index is -0.00230. The SMILES string of the molecule is CCC12CNCC1c1cccc(Cl)c1CO2.Cl. The summed E-state index contributed by atoms with van der Waals surface area (Å²) in [7, 11) is 0. The van der Waals surface area contributed by atoms with Gasteiger partial charge in [0.25, 0.3) is 0 Å². The summed E-state index contributed by atoms with van der Waals surface area (Å²) >= 11 is 6.22. The van der Waals surface area contributed by atoms with Gasteiger partial charge in [0.1, 0.15) is 0 Å². The molecular weight excluding hydrogens is 257 g/mol. The van der Waals surface area contributed by atoms with Crippen LogP contribution in [0, 0.1) is 0 Å². The summed E-state index contributed by atoms with van der Waals surface area (Å²) in [5, 5.41) is 4.29. The van der Waals surface area contributed by atoms with Crippen LogP contribution in [0.4, 0.5) is 0 Å². The average molecular weight is 274 g/mol. The molecule has 1 aromatic carbocycles. The number of hydrogen-bond donors (Lipinski definition) is 1. The first-order valence-corrected chi connectivity index (χ1v) is 6.26. The molecule has 2 atom stereocenters. The standard InChI is InChI=1S/C13H16ClNO.ClH/c1-2-13-8-15-6-11(13)9-4-3-5-12(14)10(9)7-16-13;/h3-5,11,15H,2,6-8H2,1H3;1H. The van der Waals surface area contributed by atoms with Gasteiger partial charge in [0, 0.05) is 24.0 Å².